The van der Waals surface area contributed by atoms with Crippen molar-refractivity contribution in [3.63, 3.8) is 0 Å². The number of nitrogens with zero attached hydrogens (tertiary/aromatic N) is 2. The van der Waals surface area contributed by atoms with Gasteiger partial charge in [-0.3, -0.25) is 9.97 Å². The van der Waals surface area contributed by atoms with Crippen molar-refractivity contribution in [2.24, 2.45) is 0 Å². The Balaban J connectivity index is 1.37. The summed E-state index contributed by atoms with van der Waals surface area (Å²) in [5.41, 5.74) is 14.8. The molecule has 3 aliphatic carbocycles. The van der Waals surface area contributed by atoms with Gasteiger partial charge in [-0.15, -0.1) is 0 Å². The molecule has 0 N–H and O–H groups in total. The number of allylic oxidation sites excluding steroid dienone is 3. The number of pyridine rings is 2. The van der Waals surface area contributed by atoms with Gasteiger partial charge in [-0.05, 0) is 96.6 Å². The third kappa shape index (κ3) is 2.81. The van der Waals surface area contributed by atoms with E-state index in [1.54, 1.807) is 0 Å². The molecule has 0 fully saturated rings. The zero-order chi connectivity index (χ0) is 24.7. The number of hydrogen-bond acceptors (Lipinski definition) is 2. The first-order valence-electron chi connectivity index (χ1n) is 13.1. The summed E-state index contributed by atoms with van der Waals surface area (Å²) in [6.45, 7) is 4.76. The van der Waals surface area contributed by atoms with Crippen LogP contribution in [0.5, 0.6) is 0 Å². The van der Waals surface area contributed by atoms with Crippen LogP contribution in [0.15, 0.2) is 97.6 Å². The van der Waals surface area contributed by atoms with Gasteiger partial charge in [0.1, 0.15) is 0 Å². The standard InChI is InChI=1S/C35H26N2/c1-35(2)30-17-22(24-5-3-15-36-19-24)9-13-28(30)34-29-14-8-21-7-11-26(25-6-4-16-37-20-25)27-12-10-23(18-31(34)35)33(29)32(21)27/h3-9,11-20,26H,10H2,1-2H3. The quantitative estimate of drug-likeness (QED) is 0.257. The molecule has 0 aliphatic heterocycles. The monoisotopic (exact) mass is 474 g/mol. The predicted molar refractivity (Wildman–Crippen MR) is 152 cm³/mol. The van der Waals surface area contributed by atoms with Gasteiger partial charge in [0.25, 0.3) is 0 Å². The van der Waals surface area contributed by atoms with Gasteiger partial charge in [0, 0.05) is 36.1 Å². The highest BCUT2D eigenvalue weighted by Gasteiger charge is 2.39. The van der Waals surface area contributed by atoms with Crippen LogP contribution in [-0.2, 0) is 11.8 Å². The van der Waals surface area contributed by atoms with Gasteiger partial charge < -0.3 is 0 Å². The van der Waals surface area contributed by atoms with E-state index in [0.717, 1.165) is 12.0 Å². The third-order valence-electron chi connectivity index (χ3n) is 8.72. The molecule has 2 heterocycles. The van der Waals surface area contributed by atoms with Crippen LogP contribution >= 0.6 is 0 Å². The molecular weight excluding hydrogens is 448 g/mol. The predicted octanol–water partition coefficient (Wildman–Crippen LogP) is 8.35. The Morgan fingerprint density at radius 2 is 1.68 bits per heavy atom. The van der Waals surface area contributed by atoms with E-state index >= 15 is 0 Å². The summed E-state index contributed by atoms with van der Waals surface area (Å²) in [5.74, 6) is 0.249. The largest absolute Gasteiger partial charge is 0.264 e. The lowest BCUT2D eigenvalue weighted by molar-refractivity contribution is 0.660. The molecule has 5 aromatic rings. The van der Waals surface area contributed by atoms with Crippen LogP contribution in [0.25, 0.3) is 44.7 Å². The van der Waals surface area contributed by atoms with Crippen LogP contribution in [0.2, 0.25) is 0 Å². The lowest BCUT2D eigenvalue weighted by Gasteiger charge is -2.30. The Bertz CT molecular complexity index is 1810. The summed E-state index contributed by atoms with van der Waals surface area (Å²) in [6.07, 6.45) is 15.7. The number of hydrogen-bond donors (Lipinski definition) is 0. The third-order valence-corrected chi connectivity index (χ3v) is 8.72. The van der Waals surface area contributed by atoms with Gasteiger partial charge in [0.2, 0.25) is 0 Å². The lowest BCUT2D eigenvalue weighted by Crippen LogP contribution is -2.16. The van der Waals surface area contributed by atoms with Gasteiger partial charge >= 0.3 is 0 Å². The normalized spacial score (nSPS) is 17.9. The summed E-state index contributed by atoms with van der Waals surface area (Å²) in [7, 11) is 0. The Morgan fingerprint density at radius 3 is 2.49 bits per heavy atom. The molecule has 0 saturated heterocycles. The van der Waals surface area contributed by atoms with Crippen molar-refractivity contribution in [1.29, 1.82) is 0 Å². The minimum Gasteiger partial charge on any atom is -0.264 e. The fourth-order valence-electron chi connectivity index (χ4n) is 6.91. The van der Waals surface area contributed by atoms with E-state index in [2.05, 4.69) is 90.6 Å². The molecule has 3 aromatic carbocycles. The van der Waals surface area contributed by atoms with Crippen molar-refractivity contribution in [1.82, 2.24) is 9.97 Å². The molecule has 1 atom stereocenters. The van der Waals surface area contributed by atoms with E-state index in [-0.39, 0.29) is 11.3 Å². The van der Waals surface area contributed by atoms with Gasteiger partial charge in [0.05, 0.1) is 0 Å². The molecular formula is C35H26N2. The van der Waals surface area contributed by atoms with Crippen LogP contribution in [0, 0.1) is 0 Å². The second kappa shape index (κ2) is 7.36. The Morgan fingerprint density at radius 1 is 0.811 bits per heavy atom. The van der Waals surface area contributed by atoms with Crippen molar-refractivity contribution in [2.75, 3.05) is 0 Å². The van der Waals surface area contributed by atoms with E-state index in [0.29, 0.717) is 0 Å². The molecule has 2 aromatic heterocycles. The van der Waals surface area contributed by atoms with Crippen molar-refractivity contribution in [2.45, 2.75) is 31.6 Å². The first-order chi connectivity index (χ1) is 18.1. The maximum absolute atomic E-state index is 4.41. The van der Waals surface area contributed by atoms with Crippen LogP contribution < -0.4 is 0 Å². The van der Waals surface area contributed by atoms with Crippen molar-refractivity contribution in [3.8, 4) is 22.3 Å². The number of benzene rings is 3. The smallest absolute Gasteiger partial charge is 0.0346 e. The molecule has 3 aliphatic rings. The van der Waals surface area contributed by atoms with Crippen molar-refractivity contribution >= 4 is 22.4 Å². The molecule has 176 valence electrons. The Kier molecular flexibility index (Phi) is 4.15. The van der Waals surface area contributed by atoms with E-state index in [1.165, 1.54) is 66.4 Å². The Labute approximate surface area is 217 Å². The zero-order valence-corrected chi connectivity index (χ0v) is 21.0. The maximum Gasteiger partial charge on any atom is 0.0346 e. The summed E-state index contributed by atoms with van der Waals surface area (Å²) in [5, 5.41) is 2.82. The molecule has 0 spiro atoms. The van der Waals surface area contributed by atoms with E-state index in [1.807, 2.05) is 36.9 Å². The van der Waals surface area contributed by atoms with Gasteiger partial charge in [0.15, 0.2) is 0 Å². The van der Waals surface area contributed by atoms with E-state index < -0.39 is 0 Å². The number of fused-ring (bicyclic) bond motifs is 4. The van der Waals surface area contributed by atoms with Gasteiger partial charge in [-0.1, -0.05) is 74.5 Å². The SMILES string of the molecule is CC1(C)c2cc(-c3cccnc3)ccc2-c2c1cc1c3c4c(ccc23)C=CC(c2cccnc2)C4=CC1. The highest BCUT2D eigenvalue weighted by molar-refractivity contribution is 6.11. The molecule has 2 heteroatoms. The van der Waals surface area contributed by atoms with Gasteiger partial charge in [-0.25, -0.2) is 0 Å². The van der Waals surface area contributed by atoms with Crippen LogP contribution in [0.1, 0.15) is 53.1 Å². The van der Waals surface area contributed by atoms with E-state index in [9.17, 15) is 0 Å². The first kappa shape index (κ1) is 20.8. The van der Waals surface area contributed by atoms with Crippen molar-refractivity contribution in [3.05, 3.63) is 131 Å². The molecule has 8 rings (SSSR count). The number of rotatable bonds is 2. The molecule has 0 radical (unpaired) electrons. The second-order valence-electron chi connectivity index (χ2n) is 11.0. The zero-order valence-electron chi connectivity index (χ0n) is 21.0. The molecule has 0 saturated carbocycles. The highest BCUT2D eigenvalue weighted by Crippen LogP contribution is 2.55. The second-order valence-corrected chi connectivity index (χ2v) is 11.0. The highest BCUT2D eigenvalue weighted by atomic mass is 14.6. The maximum atomic E-state index is 4.41. The first-order valence-corrected chi connectivity index (χ1v) is 13.1. The summed E-state index contributed by atoms with van der Waals surface area (Å²) in [4.78, 5) is 8.77. The summed E-state index contributed by atoms with van der Waals surface area (Å²) >= 11 is 0. The van der Waals surface area contributed by atoms with Crippen molar-refractivity contribution < 1.29 is 0 Å². The summed E-state index contributed by atoms with van der Waals surface area (Å²) < 4.78 is 0. The average Bonchev–Trinajstić information content (AvgIpc) is 3.18. The Hall–Kier alpha value is -4.30. The minimum atomic E-state index is -0.0639. The molecule has 2 nitrogen and oxygen atoms in total. The van der Waals surface area contributed by atoms with E-state index in [4.69, 9.17) is 0 Å². The summed E-state index contributed by atoms with van der Waals surface area (Å²) in [6, 6.07) is 22.6. The lowest BCUT2D eigenvalue weighted by atomic mass is 9.73. The topological polar surface area (TPSA) is 25.8 Å². The number of aromatic nitrogens is 2. The van der Waals surface area contributed by atoms with Crippen LogP contribution in [0.3, 0.4) is 0 Å². The van der Waals surface area contributed by atoms with Crippen LogP contribution in [0.4, 0.5) is 0 Å². The fraction of sp³-hybridized carbons (Fsp3) is 0.143. The fourth-order valence-corrected chi connectivity index (χ4v) is 6.91. The van der Waals surface area contributed by atoms with Gasteiger partial charge in [-0.2, -0.15) is 0 Å². The molecule has 0 bridgehead atoms. The average molecular weight is 475 g/mol. The molecule has 1 unspecified atom stereocenters. The molecule has 0 amide bonds. The van der Waals surface area contributed by atoms with Crippen LogP contribution in [-0.4, -0.2) is 9.97 Å². The minimum absolute atomic E-state index is 0.0639. The molecule has 37 heavy (non-hydrogen) atoms.